The van der Waals surface area contributed by atoms with Gasteiger partial charge in [0.05, 0.1) is 0 Å². The minimum absolute atomic E-state index is 0.0181. The number of anilines is 1. The SMILES string of the molecule is Cn1c(CO)nnc1C1CC(NC(=O)c2ccc(N3CCCC3)cc2)C1. The molecule has 1 aliphatic carbocycles. The fraction of sp³-hybridized carbons (Fsp3) is 0.526. The zero-order valence-corrected chi connectivity index (χ0v) is 15.1. The Morgan fingerprint density at radius 3 is 2.50 bits per heavy atom. The van der Waals surface area contributed by atoms with Gasteiger partial charge in [-0.25, -0.2) is 0 Å². The van der Waals surface area contributed by atoms with Crippen molar-refractivity contribution in [1.29, 1.82) is 0 Å². The number of aliphatic hydroxyl groups excluding tert-OH is 1. The van der Waals surface area contributed by atoms with Gasteiger partial charge in [0.15, 0.2) is 5.82 Å². The lowest BCUT2D eigenvalue weighted by Gasteiger charge is -2.35. The van der Waals surface area contributed by atoms with E-state index in [1.165, 1.54) is 18.5 Å². The number of rotatable bonds is 5. The van der Waals surface area contributed by atoms with Crippen molar-refractivity contribution in [3.63, 3.8) is 0 Å². The normalized spacial score (nSPS) is 22.3. The third kappa shape index (κ3) is 3.19. The molecule has 138 valence electrons. The third-order valence-electron chi connectivity index (χ3n) is 5.58. The van der Waals surface area contributed by atoms with Crippen LogP contribution < -0.4 is 10.2 Å². The first-order valence-electron chi connectivity index (χ1n) is 9.30. The molecule has 1 aromatic carbocycles. The second-order valence-electron chi connectivity index (χ2n) is 7.27. The summed E-state index contributed by atoms with van der Waals surface area (Å²) in [5.74, 6) is 1.73. The summed E-state index contributed by atoms with van der Waals surface area (Å²) in [6.45, 7) is 2.11. The molecular weight excluding hydrogens is 330 g/mol. The molecule has 1 amide bonds. The summed E-state index contributed by atoms with van der Waals surface area (Å²) in [5.41, 5.74) is 1.90. The fourth-order valence-corrected chi connectivity index (χ4v) is 3.88. The molecule has 7 nitrogen and oxygen atoms in total. The first-order valence-corrected chi connectivity index (χ1v) is 9.30. The molecule has 0 bridgehead atoms. The lowest BCUT2D eigenvalue weighted by molar-refractivity contribution is 0.0907. The highest BCUT2D eigenvalue weighted by Crippen LogP contribution is 2.36. The average Bonchev–Trinajstić information content (AvgIpc) is 3.28. The first-order chi connectivity index (χ1) is 12.7. The van der Waals surface area contributed by atoms with Crippen LogP contribution in [0.4, 0.5) is 5.69 Å². The van der Waals surface area contributed by atoms with E-state index in [4.69, 9.17) is 0 Å². The van der Waals surface area contributed by atoms with Crippen LogP contribution in [0.15, 0.2) is 24.3 Å². The van der Waals surface area contributed by atoms with Crippen molar-refractivity contribution in [3.05, 3.63) is 41.5 Å². The maximum atomic E-state index is 12.5. The minimum atomic E-state index is -0.107. The van der Waals surface area contributed by atoms with Crippen molar-refractivity contribution in [2.75, 3.05) is 18.0 Å². The van der Waals surface area contributed by atoms with Crippen molar-refractivity contribution in [2.45, 2.75) is 44.2 Å². The predicted molar refractivity (Wildman–Crippen MR) is 98.0 cm³/mol. The molecule has 2 aliphatic rings. The van der Waals surface area contributed by atoms with Crippen LogP contribution in [0.5, 0.6) is 0 Å². The summed E-state index contributed by atoms with van der Waals surface area (Å²) in [6, 6.07) is 8.07. The Bertz CT molecular complexity index is 774. The number of hydrogen-bond donors (Lipinski definition) is 2. The molecule has 2 heterocycles. The standard InChI is InChI=1S/C19H25N5O2/c1-23-17(12-25)21-22-18(23)14-10-15(11-14)20-19(26)13-4-6-16(7-5-13)24-8-2-3-9-24/h4-7,14-15,25H,2-3,8-12H2,1H3,(H,20,26). The number of benzene rings is 1. The molecule has 0 radical (unpaired) electrons. The summed E-state index contributed by atoms with van der Waals surface area (Å²) in [6.07, 6.45) is 4.21. The Morgan fingerprint density at radius 2 is 1.88 bits per heavy atom. The molecule has 0 unspecified atom stereocenters. The van der Waals surface area contributed by atoms with Gasteiger partial charge in [-0.3, -0.25) is 4.79 Å². The van der Waals surface area contributed by atoms with Gasteiger partial charge in [0.25, 0.3) is 5.91 Å². The van der Waals surface area contributed by atoms with Gasteiger partial charge in [0, 0.05) is 43.3 Å². The summed E-state index contributed by atoms with van der Waals surface area (Å²) in [7, 11) is 1.87. The Kier molecular flexibility index (Phi) is 4.63. The number of aromatic nitrogens is 3. The van der Waals surface area contributed by atoms with E-state index in [0.717, 1.165) is 31.8 Å². The van der Waals surface area contributed by atoms with E-state index >= 15 is 0 Å². The number of hydrogen-bond acceptors (Lipinski definition) is 5. The van der Waals surface area contributed by atoms with E-state index in [1.54, 1.807) is 0 Å². The molecule has 0 spiro atoms. The number of aliphatic hydroxyl groups is 1. The molecular formula is C19H25N5O2. The summed E-state index contributed by atoms with van der Waals surface area (Å²) >= 11 is 0. The highest BCUT2D eigenvalue weighted by Gasteiger charge is 2.35. The molecule has 2 N–H and O–H groups in total. The maximum Gasteiger partial charge on any atom is 0.251 e. The predicted octanol–water partition coefficient (Wildman–Crippen LogP) is 1.58. The summed E-state index contributed by atoms with van der Waals surface area (Å²) in [5, 5.41) is 20.5. The van der Waals surface area contributed by atoms with E-state index in [0.29, 0.717) is 11.4 Å². The molecule has 26 heavy (non-hydrogen) atoms. The van der Waals surface area contributed by atoms with Gasteiger partial charge >= 0.3 is 0 Å². The Morgan fingerprint density at radius 1 is 1.19 bits per heavy atom. The Hall–Kier alpha value is -2.41. The summed E-state index contributed by atoms with van der Waals surface area (Å²) < 4.78 is 1.85. The van der Waals surface area contributed by atoms with Gasteiger partial charge in [0.2, 0.25) is 0 Å². The van der Waals surface area contributed by atoms with Crippen molar-refractivity contribution in [2.24, 2.45) is 7.05 Å². The van der Waals surface area contributed by atoms with Crippen molar-refractivity contribution in [1.82, 2.24) is 20.1 Å². The van der Waals surface area contributed by atoms with Crippen molar-refractivity contribution >= 4 is 11.6 Å². The molecule has 0 atom stereocenters. The fourth-order valence-electron chi connectivity index (χ4n) is 3.88. The van der Waals surface area contributed by atoms with Crippen LogP contribution >= 0.6 is 0 Å². The molecule has 1 aromatic heterocycles. The number of nitrogens with zero attached hydrogens (tertiary/aromatic N) is 4. The van der Waals surface area contributed by atoms with Gasteiger partial charge in [0.1, 0.15) is 12.4 Å². The van der Waals surface area contributed by atoms with Crippen LogP contribution in [0, 0.1) is 0 Å². The number of amides is 1. The van der Waals surface area contributed by atoms with Crippen LogP contribution in [0.3, 0.4) is 0 Å². The lowest BCUT2D eigenvalue weighted by Crippen LogP contribution is -2.44. The quantitative estimate of drug-likeness (QED) is 0.851. The van der Waals surface area contributed by atoms with Crippen LogP contribution in [0.1, 0.15) is 53.6 Å². The van der Waals surface area contributed by atoms with E-state index in [-0.39, 0.29) is 24.5 Å². The van der Waals surface area contributed by atoms with E-state index in [9.17, 15) is 9.90 Å². The van der Waals surface area contributed by atoms with Gasteiger partial charge in [-0.05, 0) is 49.9 Å². The number of carbonyl (C=O) groups excluding carboxylic acids is 1. The molecule has 1 saturated heterocycles. The van der Waals surface area contributed by atoms with Gasteiger partial charge in [-0.15, -0.1) is 10.2 Å². The van der Waals surface area contributed by atoms with Crippen LogP contribution in [-0.4, -0.2) is 44.9 Å². The summed E-state index contributed by atoms with van der Waals surface area (Å²) in [4.78, 5) is 14.8. The topological polar surface area (TPSA) is 83.3 Å². The number of nitrogens with one attached hydrogen (secondary N) is 1. The molecule has 7 heteroatoms. The minimum Gasteiger partial charge on any atom is -0.388 e. The Balaban J connectivity index is 1.31. The van der Waals surface area contributed by atoms with Crippen LogP contribution in [-0.2, 0) is 13.7 Å². The van der Waals surface area contributed by atoms with Crippen LogP contribution in [0.2, 0.25) is 0 Å². The maximum absolute atomic E-state index is 12.5. The van der Waals surface area contributed by atoms with Crippen molar-refractivity contribution in [3.8, 4) is 0 Å². The third-order valence-corrected chi connectivity index (χ3v) is 5.58. The van der Waals surface area contributed by atoms with Crippen LogP contribution in [0.25, 0.3) is 0 Å². The van der Waals surface area contributed by atoms with Gasteiger partial charge in [-0.2, -0.15) is 0 Å². The monoisotopic (exact) mass is 355 g/mol. The van der Waals surface area contributed by atoms with E-state index < -0.39 is 0 Å². The largest absolute Gasteiger partial charge is 0.388 e. The second kappa shape index (κ2) is 7.07. The number of carbonyl (C=O) groups is 1. The smallest absolute Gasteiger partial charge is 0.251 e. The second-order valence-corrected chi connectivity index (χ2v) is 7.27. The van der Waals surface area contributed by atoms with E-state index in [2.05, 4.69) is 20.4 Å². The Labute approximate surface area is 153 Å². The highest BCUT2D eigenvalue weighted by molar-refractivity contribution is 5.94. The zero-order valence-electron chi connectivity index (χ0n) is 15.1. The lowest BCUT2D eigenvalue weighted by atomic mass is 9.79. The van der Waals surface area contributed by atoms with E-state index in [1.807, 2.05) is 35.9 Å². The molecule has 4 rings (SSSR count). The highest BCUT2D eigenvalue weighted by atomic mass is 16.3. The molecule has 1 saturated carbocycles. The average molecular weight is 355 g/mol. The molecule has 1 aliphatic heterocycles. The van der Waals surface area contributed by atoms with Gasteiger partial charge < -0.3 is 19.9 Å². The molecule has 2 fully saturated rings. The molecule has 2 aromatic rings. The first kappa shape index (κ1) is 17.0. The van der Waals surface area contributed by atoms with Crippen molar-refractivity contribution < 1.29 is 9.90 Å². The van der Waals surface area contributed by atoms with Gasteiger partial charge in [-0.1, -0.05) is 0 Å². The zero-order chi connectivity index (χ0) is 18.1.